The van der Waals surface area contributed by atoms with Gasteiger partial charge < -0.3 is 10.5 Å². The number of aryl methyl sites for hydroxylation is 1. The Morgan fingerprint density at radius 3 is 2.57 bits per heavy atom. The summed E-state index contributed by atoms with van der Waals surface area (Å²) in [6, 6.07) is 0.0475. The Balaban J connectivity index is 2.92. The van der Waals surface area contributed by atoms with Crippen LogP contribution in [0.3, 0.4) is 0 Å². The van der Waals surface area contributed by atoms with Crippen LogP contribution >= 0.6 is 0 Å². The molecule has 0 aliphatic rings. The van der Waals surface area contributed by atoms with Crippen molar-refractivity contribution in [3.63, 3.8) is 0 Å². The van der Waals surface area contributed by atoms with Crippen LogP contribution < -0.4 is 5.73 Å². The molecule has 1 atom stereocenters. The molecule has 1 aromatic heterocycles. The molecule has 0 saturated heterocycles. The highest BCUT2D eigenvalue weighted by Crippen LogP contribution is 2.18. The maximum Gasteiger partial charge on any atom is 0.0658 e. The minimum Gasteiger partial charge on any atom is -0.383 e. The fraction of sp³-hybridized carbons (Fsp3) is 0.700. The lowest BCUT2D eigenvalue weighted by molar-refractivity contribution is 0.182. The van der Waals surface area contributed by atoms with Gasteiger partial charge in [0.05, 0.1) is 18.8 Å². The lowest BCUT2D eigenvalue weighted by Gasteiger charge is -2.06. The van der Waals surface area contributed by atoms with Gasteiger partial charge in [-0.2, -0.15) is 5.10 Å². The van der Waals surface area contributed by atoms with E-state index < -0.39 is 0 Å². The van der Waals surface area contributed by atoms with Crippen LogP contribution in [0.25, 0.3) is 0 Å². The molecule has 80 valence electrons. The Morgan fingerprint density at radius 2 is 2.14 bits per heavy atom. The van der Waals surface area contributed by atoms with Gasteiger partial charge in [0, 0.05) is 24.4 Å². The second-order valence-corrected chi connectivity index (χ2v) is 3.59. The van der Waals surface area contributed by atoms with Gasteiger partial charge in [-0.3, -0.25) is 4.68 Å². The van der Waals surface area contributed by atoms with Crippen molar-refractivity contribution in [1.82, 2.24) is 9.78 Å². The van der Waals surface area contributed by atoms with Crippen LogP contribution in [0.15, 0.2) is 0 Å². The summed E-state index contributed by atoms with van der Waals surface area (Å²) in [6.07, 6.45) is 0. The van der Waals surface area contributed by atoms with E-state index in [1.807, 2.05) is 25.5 Å². The normalized spacial score (nSPS) is 13.2. The first-order chi connectivity index (χ1) is 6.57. The van der Waals surface area contributed by atoms with Gasteiger partial charge in [0.25, 0.3) is 0 Å². The smallest absolute Gasteiger partial charge is 0.0658 e. The number of nitrogens with zero attached hydrogens (tertiary/aromatic N) is 2. The van der Waals surface area contributed by atoms with Gasteiger partial charge in [-0.05, 0) is 20.8 Å². The SMILES string of the molecule is COCCn1nc(C)c(C(C)N)c1C. The van der Waals surface area contributed by atoms with Crippen molar-refractivity contribution in [2.45, 2.75) is 33.4 Å². The first kappa shape index (κ1) is 11.2. The lowest BCUT2D eigenvalue weighted by Crippen LogP contribution is -2.10. The van der Waals surface area contributed by atoms with E-state index in [2.05, 4.69) is 5.10 Å². The van der Waals surface area contributed by atoms with E-state index in [9.17, 15) is 0 Å². The van der Waals surface area contributed by atoms with Crippen LogP contribution in [0, 0.1) is 13.8 Å². The van der Waals surface area contributed by atoms with E-state index in [-0.39, 0.29) is 6.04 Å². The van der Waals surface area contributed by atoms with Gasteiger partial charge >= 0.3 is 0 Å². The molecule has 2 N–H and O–H groups in total. The van der Waals surface area contributed by atoms with Crippen LogP contribution in [0.4, 0.5) is 0 Å². The highest BCUT2D eigenvalue weighted by molar-refractivity contribution is 5.27. The van der Waals surface area contributed by atoms with Gasteiger partial charge in [-0.15, -0.1) is 0 Å². The molecule has 1 rings (SSSR count). The van der Waals surface area contributed by atoms with Crippen molar-refractivity contribution in [2.24, 2.45) is 5.73 Å². The number of nitrogens with two attached hydrogens (primary N) is 1. The molecular weight excluding hydrogens is 178 g/mol. The zero-order valence-electron chi connectivity index (χ0n) is 9.37. The van der Waals surface area contributed by atoms with Gasteiger partial charge in [-0.1, -0.05) is 0 Å². The van der Waals surface area contributed by atoms with Crippen LogP contribution in [-0.2, 0) is 11.3 Å². The molecule has 0 fully saturated rings. The molecule has 1 aromatic rings. The number of rotatable bonds is 4. The molecule has 0 aromatic carbocycles. The standard InChI is InChI=1S/C10H19N3O/c1-7(11)10-8(2)12-13(9(10)3)5-6-14-4/h7H,5-6,11H2,1-4H3. The number of hydrogen-bond donors (Lipinski definition) is 1. The summed E-state index contributed by atoms with van der Waals surface area (Å²) in [5.74, 6) is 0. The fourth-order valence-corrected chi connectivity index (χ4v) is 1.77. The van der Waals surface area contributed by atoms with E-state index in [0.717, 1.165) is 23.5 Å². The topological polar surface area (TPSA) is 53.1 Å². The minimum atomic E-state index is 0.0475. The van der Waals surface area contributed by atoms with Crippen molar-refractivity contribution in [3.8, 4) is 0 Å². The summed E-state index contributed by atoms with van der Waals surface area (Å²) in [4.78, 5) is 0. The second kappa shape index (κ2) is 4.57. The maximum absolute atomic E-state index is 5.87. The molecule has 0 radical (unpaired) electrons. The molecular formula is C10H19N3O. The average Bonchev–Trinajstić information content (AvgIpc) is 2.38. The first-order valence-corrected chi connectivity index (χ1v) is 4.86. The number of hydrogen-bond acceptors (Lipinski definition) is 3. The van der Waals surface area contributed by atoms with Crippen molar-refractivity contribution < 1.29 is 4.74 Å². The molecule has 0 bridgehead atoms. The third kappa shape index (κ3) is 2.13. The van der Waals surface area contributed by atoms with E-state index in [4.69, 9.17) is 10.5 Å². The summed E-state index contributed by atoms with van der Waals surface area (Å²) in [5, 5.41) is 4.43. The maximum atomic E-state index is 5.87. The zero-order valence-corrected chi connectivity index (χ0v) is 9.37. The molecule has 4 heteroatoms. The van der Waals surface area contributed by atoms with E-state index in [0.29, 0.717) is 6.61 Å². The third-order valence-electron chi connectivity index (χ3n) is 2.40. The largest absolute Gasteiger partial charge is 0.383 e. The summed E-state index contributed by atoms with van der Waals surface area (Å²) in [6.45, 7) is 7.50. The summed E-state index contributed by atoms with van der Waals surface area (Å²) >= 11 is 0. The molecule has 14 heavy (non-hydrogen) atoms. The molecule has 0 saturated carbocycles. The highest BCUT2D eigenvalue weighted by atomic mass is 16.5. The Kier molecular flexibility index (Phi) is 3.66. The zero-order chi connectivity index (χ0) is 10.7. The van der Waals surface area contributed by atoms with Crippen molar-refractivity contribution in [3.05, 3.63) is 17.0 Å². The van der Waals surface area contributed by atoms with Crippen LogP contribution in [0.1, 0.15) is 29.9 Å². The second-order valence-electron chi connectivity index (χ2n) is 3.59. The number of aromatic nitrogens is 2. The molecule has 1 heterocycles. The lowest BCUT2D eigenvalue weighted by atomic mass is 10.1. The Hall–Kier alpha value is -0.870. The summed E-state index contributed by atoms with van der Waals surface area (Å²) in [5.41, 5.74) is 9.20. The third-order valence-corrected chi connectivity index (χ3v) is 2.40. The van der Waals surface area contributed by atoms with Crippen molar-refractivity contribution in [2.75, 3.05) is 13.7 Å². The quantitative estimate of drug-likeness (QED) is 0.788. The van der Waals surface area contributed by atoms with Gasteiger partial charge in [-0.25, -0.2) is 0 Å². The van der Waals surface area contributed by atoms with E-state index >= 15 is 0 Å². The van der Waals surface area contributed by atoms with Crippen LogP contribution in [-0.4, -0.2) is 23.5 Å². The number of ether oxygens (including phenoxy) is 1. The predicted molar refractivity (Wildman–Crippen MR) is 56.2 cm³/mol. The molecule has 4 nitrogen and oxygen atoms in total. The summed E-state index contributed by atoms with van der Waals surface area (Å²) < 4.78 is 6.97. The van der Waals surface area contributed by atoms with Crippen molar-refractivity contribution >= 4 is 0 Å². The van der Waals surface area contributed by atoms with E-state index in [1.165, 1.54) is 0 Å². The molecule has 0 amide bonds. The molecule has 0 aliphatic heterocycles. The molecule has 0 spiro atoms. The monoisotopic (exact) mass is 197 g/mol. The highest BCUT2D eigenvalue weighted by Gasteiger charge is 2.13. The van der Waals surface area contributed by atoms with Gasteiger partial charge in [0.2, 0.25) is 0 Å². The van der Waals surface area contributed by atoms with Crippen LogP contribution in [0.5, 0.6) is 0 Å². The molecule has 1 unspecified atom stereocenters. The van der Waals surface area contributed by atoms with Crippen LogP contribution in [0.2, 0.25) is 0 Å². The van der Waals surface area contributed by atoms with E-state index in [1.54, 1.807) is 7.11 Å². The average molecular weight is 197 g/mol. The first-order valence-electron chi connectivity index (χ1n) is 4.86. The van der Waals surface area contributed by atoms with Gasteiger partial charge in [0.1, 0.15) is 0 Å². The Labute approximate surface area is 85.0 Å². The number of methoxy groups -OCH3 is 1. The Bertz CT molecular complexity index is 305. The summed E-state index contributed by atoms with van der Waals surface area (Å²) in [7, 11) is 1.69. The molecule has 0 aliphatic carbocycles. The Morgan fingerprint density at radius 1 is 1.50 bits per heavy atom. The van der Waals surface area contributed by atoms with Crippen molar-refractivity contribution in [1.29, 1.82) is 0 Å². The predicted octanol–water partition coefficient (Wildman–Crippen LogP) is 1.17. The minimum absolute atomic E-state index is 0.0475. The fourth-order valence-electron chi connectivity index (χ4n) is 1.77. The van der Waals surface area contributed by atoms with Gasteiger partial charge in [0.15, 0.2) is 0 Å².